The fraction of sp³-hybridized carbons (Fsp3) is 0.562. The van der Waals surface area contributed by atoms with E-state index >= 15 is 0 Å². The van der Waals surface area contributed by atoms with Crippen LogP contribution >= 0.6 is 23.2 Å². The lowest BCUT2D eigenvalue weighted by Crippen LogP contribution is -2.53. The van der Waals surface area contributed by atoms with Gasteiger partial charge in [0.05, 0.1) is 5.54 Å². The maximum Gasteiger partial charge on any atom is 0.252 e. The van der Waals surface area contributed by atoms with E-state index in [0.29, 0.717) is 17.7 Å². The summed E-state index contributed by atoms with van der Waals surface area (Å²) in [6, 6.07) is 6.57. The normalized spacial score (nSPS) is 26.9. The molecule has 1 aromatic carbocycles. The SMILES string of the molecule is CC1(C)CC(Cl)(COc2ccc(C(=O)Cl)cc2)C(C)(C)N1O. The van der Waals surface area contributed by atoms with Gasteiger partial charge in [-0.05, 0) is 70.0 Å². The third-order valence-electron chi connectivity index (χ3n) is 4.46. The average Bonchev–Trinajstić information content (AvgIpc) is 2.55. The number of carbonyl (C=O) groups excluding carboxylic acids is 1. The molecule has 0 bridgehead atoms. The van der Waals surface area contributed by atoms with Gasteiger partial charge in [0.15, 0.2) is 0 Å². The van der Waals surface area contributed by atoms with Crippen LogP contribution in [0.2, 0.25) is 0 Å². The van der Waals surface area contributed by atoms with E-state index < -0.39 is 21.2 Å². The van der Waals surface area contributed by atoms with Gasteiger partial charge in [0, 0.05) is 11.1 Å². The highest BCUT2D eigenvalue weighted by atomic mass is 35.5. The summed E-state index contributed by atoms with van der Waals surface area (Å²) in [5.74, 6) is 0.603. The molecule has 1 fully saturated rings. The number of hydroxylamine groups is 2. The average molecular weight is 346 g/mol. The van der Waals surface area contributed by atoms with E-state index in [2.05, 4.69) is 0 Å². The number of rotatable bonds is 4. The molecule has 0 spiro atoms. The number of alkyl halides is 1. The van der Waals surface area contributed by atoms with Crippen molar-refractivity contribution in [1.82, 2.24) is 5.06 Å². The Bertz CT molecular complexity index is 571. The van der Waals surface area contributed by atoms with Crippen LogP contribution in [-0.2, 0) is 0 Å². The number of ether oxygens (including phenoxy) is 1. The van der Waals surface area contributed by atoms with Crippen LogP contribution in [0.25, 0.3) is 0 Å². The van der Waals surface area contributed by atoms with Crippen LogP contribution in [0.4, 0.5) is 0 Å². The van der Waals surface area contributed by atoms with E-state index in [1.165, 1.54) is 5.06 Å². The lowest BCUT2D eigenvalue weighted by molar-refractivity contribution is -0.195. The highest BCUT2D eigenvalue weighted by Crippen LogP contribution is 2.50. The van der Waals surface area contributed by atoms with Gasteiger partial charge < -0.3 is 9.94 Å². The Morgan fingerprint density at radius 2 is 1.82 bits per heavy atom. The van der Waals surface area contributed by atoms with Crippen LogP contribution < -0.4 is 4.74 Å². The van der Waals surface area contributed by atoms with E-state index in [1.54, 1.807) is 24.3 Å². The van der Waals surface area contributed by atoms with Gasteiger partial charge in [0.2, 0.25) is 0 Å². The summed E-state index contributed by atoms with van der Waals surface area (Å²) in [4.78, 5) is 10.3. The molecule has 0 amide bonds. The molecule has 2 rings (SSSR count). The molecule has 4 nitrogen and oxygen atoms in total. The molecule has 122 valence electrons. The molecule has 1 aromatic rings. The van der Waals surface area contributed by atoms with Crippen LogP contribution in [0.1, 0.15) is 44.5 Å². The molecule has 0 radical (unpaired) electrons. The van der Waals surface area contributed by atoms with Gasteiger partial charge in [0.1, 0.15) is 17.2 Å². The van der Waals surface area contributed by atoms with Gasteiger partial charge in [-0.15, -0.1) is 11.6 Å². The van der Waals surface area contributed by atoms with E-state index in [4.69, 9.17) is 27.9 Å². The van der Waals surface area contributed by atoms with Gasteiger partial charge in [-0.25, -0.2) is 0 Å². The summed E-state index contributed by atoms with van der Waals surface area (Å²) >= 11 is 12.2. The number of benzene rings is 1. The van der Waals surface area contributed by atoms with E-state index in [1.807, 2.05) is 27.7 Å². The molecule has 6 heteroatoms. The minimum absolute atomic E-state index is 0.246. The molecular weight excluding hydrogens is 325 g/mol. The Labute approximate surface area is 140 Å². The molecule has 1 heterocycles. The van der Waals surface area contributed by atoms with Gasteiger partial charge in [-0.2, -0.15) is 5.06 Å². The zero-order chi connectivity index (χ0) is 16.8. The quantitative estimate of drug-likeness (QED) is 0.659. The summed E-state index contributed by atoms with van der Waals surface area (Å²) < 4.78 is 5.78. The maximum atomic E-state index is 11.0. The van der Waals surface area contributed by atoms with Gasteiger partial charge in [-0.1, -0.05) is 0 Å². The van der Waals surface area contributed by atoms with Gasteiger partial charge >= 0.3 is 0 Å². The number of carbonyl (C=O) groups is 1. The fourth-order valence-corrected chi connectivity index (χ4v) is 3.62. The monoisotopic (exact) mass is 345 g/mol. The van der Waals surface area contributed by atoms with Crippen LogP contribution in [-0.4, -0.2) is 38.1 Å². The maximum absolute atomic E-state index is 11.0. The molecule has 1 aliphatic heterocycles. The Morgan fingerprint density at radius 3 is 2.23 bits per heavy atom. The van der Waals surface area contributed by atoms with Crippen molar-refractivity contribution in [3.8, 4) is 5.75 Å². The minimum atomic E-state index is -0.730. The number of nitrogens with zero attached hydrogens (tertiary/aromatic N) is 1. The largest absolute Gasteiger partial charge is 0.492 e. The molecule has 1 saturated heterocycles. The zero-order valence-corrected chi connectivity index (χ0v) is 14.7. The second-order valence-electron chi connectivity index (χ2n) is 6.91. The first-order valence-electron chi connectivity index (χ1n) is 7.10. The summed E-state index contributed by atoms with van der Waals surface area (Å²) in [6.07, 6.45) is 0.587. The van der Waals surface area contributed by atoms with Gasteiger partial charge in [0.25, 0.3) is 5.24 Å². The topological polar surface area (TPSA) is 49.8 Å². The molecular formula is C16H21Cl2NO3. The standard InChI is InChI=1S/C16H21Cl2NO3/c1-14(2)9-16(18,15(3,4)19(14)21)10-22-12-7-5-11(6-8-12)13(17)20/h5-8,21H,9-10H2,1-4H3. The first-order valence-corrected chi connectivity index (χ1v) is 7.86. The number of hydrogen-bond donors (Lipinski definition) is 1. The summed E-state index contributed by atoms with van der Waals surface area (Å²) in [6.45, 7) is 7.93. The van der Waals surface area contributed by atoms with E-state index in [-0.39, 0.29) is 6.61 Å². The Kier molecular flexibility index (Phi) is 4.53. The van der Waals surface area contributed by atoms with Crippen molar-refractivity contribution in [2.45, 2.75) is 50.1 Å². The summed E-state index contributed by atoms with van der Waals surface area (Å²) in [7, 11) is 0. The molecule has 0 aromatic heterocycles. The molecule has 22 heavy (non-hydrogen) atoms. The molecule has 1 atom stereocenters. The molecule has 1 aliphatic rings. The minimum Gasteiger partial charge on any atom is -0.492 e. The summed E-state index contributed by atoms with van der Waals surface area (Å²) in [5.41, 5.74) is -0.647. The second kappa shape index (κ2) is 5.68. The van der Waals surface area contributed by atoms with Crippen molar-refractivity contribution in [2.75, 3.05) is 6.61 Å². The first-order chi connectivity index (χ1) is 9.99. The van der Waals surface area contributed by atoms with Crippen LogP contribution in [0.5, 0.6) is 5.75 Å². The molecule has 0 saturated carbocycles. The van der Waals surface area contributed by atoms with E-state index in [0.717, 1.165) is 0 Å². The number of halogens is 2. The lowest BCUT2D eigenvalue weighted by Gasteiger charge is -2.39. The van der Waals surface area contributed by atoms with Crippen LogP contribution in [0.15, 0.2) is 24.3 Å². The Balaban J connectivity index is 2.12. The van der Waals surface area contributed by atoms with Crippen molar-refractivity contribution in [1.29, 1.82) is 0 Å². The predicted molar refractivity (Wildman–Crippen MR) is 87.1 cm³/mol. The third kappa shape index (κ3) is 2.98. The molecule has 1 unspecified atom stereocenters. The zero-order valence-electron chi connectivity index (χ0n) is 13.2. The Morgan fingerprint density at radius 1 is 1.27 bits per heavy atom. The van der Waals surface area contributed by atoms with Crippen molar-refractivity contribution in [3.05, 3.63) is 29.8 Å². The number of hydrogen-bond acceptors (Lipinski definition) is 4. The summed E-state index contributed by atoms with van der Waals surface area (Å²) in [5, 5.41) is 11.2. The van der Waals surface area contributed by atoms with Crippen LogP contribution in [0, 0.1) is 0 Å². The van der Waals surface area contributed by atoms with Crippen molar-refractivity contribution in [3.63, 3.8) is 0 Å². The Hall–Kier alpha value is -0.810. The predicted octanol–water partition coefficient (Wildman–Crippen LogP) is 4.07. The smallest absolute Gasteiger partial charge is 0.252 e. The lowest BCUT2D eigenvalue weighted by atomic mass is 9.86. The third-order valence-corrected chi connectivity index (χ3v) is 5.38. The highest BCUT2D eigenvalue weighted by Gasteiger charge is 2.60. The van der Waals surface area contributed by atoms with Crippen LogP contribution in [0.3, 0.4) is 0 Å². The van der Waals surface area contributed by atoms with Gasteiger partial charge in [-0.3, -0.25) is 4.79 Å². The van der Waals surface area contributed by atoms with E-state index in [9.17, 15) is 10.0 Å². The van der Waals surface area contributed by atoms with Crippen molar-refractivity contribution in [2.24, 2.45) is 0 Å². The van der Waals surface area contributed by atoms with Crippen molar-refractivity contribution < 1.29 is 14.7 Å². The van der Waals surface area contributed by atoms with Crippen molar-refractivity contribution >= 4 is 28.4 Å². The fourth-order valence-electron chi connectivity index (χ4n) is 3.03. The molecule has 0 aliphatic carbocycles. The molecule has 1 N–H and O–H groups in total. The second-order valence-corrected chi connectivity index (χ2v) is 7.98. The first kappa shape index (κ1) is 17.5. The highest BCUT2D eigenvalue weighted by molar-refractivity contribution is 6.67.